The topological polar surface area (TPSA) is 75.7 Å². The van der Waals surface area contributed by atoms with Crippen LogP contribution < -0.4 is 10.1 Å². The van der Waals surface area contributed by atoms with E-state index in [1.165, 1.54) is 29.6 Å². The van der Waals surface area contributed by atoms with Gasteiger partial charge in [0, 0.05) is 19.6 Å². The molecule has 0 spiro atoms. The fourth-order valence-corrected chi connectivity index (χ4v) is 4.94. The maximum absolute atomic E-state index is 12.9. The van der Waals surface area contributed by atoms with Crippen LogP contribution in [0.2, 0.25) is 5.02 Å². The number of benzene rings is 1. The summed E-state index contributed by atoms with van der Waals surface area (Å²) in [6.45, 7) is 3.36. The first-order chi connectivity index (χ1) is 12.4. The van der Waals surface area contributed by atoms with E-state index in [1.807, 2.05) is 0 Å². The van der Waals surface area contributed by atoms with Gasteiger partial charge < -0.3 is 10.1 Å². The normalized spacial score (nSPS) is 18.5. The van der Waals surface area contributed by atoms with Crippen LogP contribution in [0.15, 0.2) is 23.1 Å². The van der Waals surface area contributed by atoms with Gasteiger partial charge in [-0.3, -0.25) is 4.79 Å². The molecule has 1 heterocycles. The maximum atomic E-state index is 12.9. The summed E-state index contributed by atoms with van der Waals surface area (Å²) >= 11 is 6.06. The Hall–Kier alpha value is -1.31. The molecule has 0 aliphatic carbocycles. The van der Waals surface area contributed by atoms with E-state index in [9.17, 15) is 13.2 Å². The maximum Gasteiger partial charge on any atom is 0.243 e. The summed E-state index contributed by atoms with van der Waals surface area (Å²) in [5.41, 5.74) is 0. The second-order valence-corrected chi connectivity index (χ2v) is 8.84. The van der Waals surface area contributed by atoms with Crippen molar-refractivity contribution >= 4 is 27.5 Å². The van der Waals surface area contributed by atoms with Gasteiger partial charge in [0.1, 0.15) is 5.75 Å². The number of methoxy groups -OCH3 is 1. The van der Waals surface area contributed by atoms with Gasteiger partial charge in [0.15, 0.2) is 0 Å². The van der Waals surface area contributed by atoms with Crippen LogP contribution in [0.4, 0.5) is 0 Å². The fourth-order valence-electron chi connectivity index (χ4n) is 3.06. The largest absolute Gasteiger partial charge is 0.495 e. The highest BCUT2D eigenvalue weighted by molar-refractivity contribution is 7.89. The van der Waals surface area contributed by atoms with E-state index in [0.29, 0.717) is 31.7 Å². The molecule has 0 bridgehead atoms. The van der Waals surface area contributed by atoms with Crippen molar-refractivity contribution in [1.29, 1.82) is 0 Å². The molecule has 1 fully saturated rings. The summed E-state index contributed by atoms with van der Waals surface area (Å²) < 4.78 is 32.3. The average Bonchev–Trinajstić information content (AvgIpc) is 2.65. The van der Waals surface area contributed by atoms with E-state index < -0.39 is 10.0 Å². The average molecular weight is 403 g/mol. The monoisotopic (exact) mass is 402 g/mol. The summed E-state index contributed by atoms with van der Waals surface area (Å²) in [5, 5.41) is 3.17. The Balaban J connectivity index is 2.05. The molecule has 0 aromatic heterocycles. The van der Waals surface area contributed by atoms with Crippen LogP contribution in [0.3, 0.4) is 0 Å². The number of nitrogens with zero attached hydrogens (tertiary/aromatic N) is 1. The Morgan fingerprint density at radius 1 is 1.38 bits per heavy atom. The Morgan fingerprint density at radius 2 is 2.15 bits per heavy atom. The summed E-state index contributed by atoms with van der Waals surface area (Å²) in [4.78, 5) is 12.5. The van der Waals surface area contributed by atoms with Crippen LogP contribution in [0.1, 0.15) is 39.0 Å². The lowest BCUT2D eigenvalue weighted by Gasteiger charge is -2.31. The number of amides is 1. The summed E-state index contributed by atoms with van der Waals surface area (Å²) in [6.07, 6.45) is 4.48. The van der Waals surface area contributed by atoms with Crippen molar-refractivity contribution in [2.75, 3.05) is 26.7 Å². The third kappa shape index (κ3) is 5.11. The first-order valence-corrected chi connectivity index (χ1v) is 10.8. The molecule has 2 rings (SSSR count). The Bertz CT molecular complexity index is 724. The number of carbonyl (C=O) groups excluding carboxylic acids is 1. The molecular formula is C18H27ClN2O4S. The molecule has 1 aliphatic heterocycles. The van der Waals surface area contributed by atoms with Crippen molar-refractivity contribution in [1.82, 2.24) is 9.62 Å². The minimum atomic E-state index is -3.69. The number of halogens is 1. The zero-order valence-corrected chi connectivity index (χ0v) is 16.9. The first-order valence-electron chi connectivity index (χ1n) is 9.01. The first kappa shape index (κ1) is 21.0. The summed E-state index contributed by atoms with van der Waals surface area (Å²) in [7, 11) is -2.22. The van der Waals surface area contributed by atoms with Gasteiger partial charge in [0.25, 0.3) is 0 Å². The number of sulfonamides is 1. The molecule has 0 saturated carbocycles. The SMILES string of the molecule is CCCCCNC(=O)[C@@H]1CCCN(S(=O)(=O)c2ccc(OC)c(Cl)c2)C1. The van der Waals surface area contributed by atoms with Crippen LogP contribution in [0.25, 0.3) is 0 Å². The van der Waals surface area contributed by atoms with Gasteiger partial charge in [-0.2, -0.15) is 4.31 Å². The van der Waals surface area contributed by atoms with Crippen LogP contribution >= 0.6 is 11.6 Å². The summed E-state index contributed by atoms with van der Waals surface area (Å²) in [5.74, 6) is 0.0521. The second-order valence-electron chi connectivity index (χ2n) is 6.50. The molecule has 1 aliphatic rings. The molecule has 1 saturated heterocycles. The second kappa shape index (κ2) is 9.58. The number of rotatable bonds is 8. The molecule has 0 unspecified atom stereocenters. The molecule has 8 heteroatoms. The van der Waals surface area contributed by atoms with Crippen molar-refractivity contribution in [3.05, 3.63) is 23.2 Å². The molecular weight excluding hydrogens is 376 g/mol. The number of ether oxygens (including phenoxy) is 1. The molecule has 1 N–H and O–H groups in total. The van der Waals surface area contributed by atoms with Crippen LogP contribution in [0, 0.1) is 5.92 Å². The van der Waals surface area contributed by atoms with Crippen molar-refractivity contribution in [2.45, 2.75) is 43.9 Å². The third-order valence-corrected chi connectivity index (χ3v) is 6.75. The Morgan fingerprint density at radius 3 is 2.81 bits per heavy atom. The third-order valence-electron chi connectivity index (χ3n) is 4.60. The van der Waals surface area contributed by atoms with E-state index >= 15 is 0 Å². The smallest absolute Gasteiger partial charge is 0.243 e. The van der Waals surface area contributed by atoms with Crippen LogP contribution in [-0.4, -0.2) is 45.4 Å². The van der Waals surface area contributed by atoms with Crippen molar-refractivity contribution in [3.63, 3.8) is 0 Å². The lowest BCUT2D eigenvalue weighted by atomic mass is 9.99. The van der Waals surface area contributed by atoms with Crippen LogP contribution in [0.5, 0.6) is 5.75 Å². The molecule has 146 valence electrons. The summed E-state index contributed by atoms with van der Waals surface area (Å²) in [6, 6.07) is 4.41. The van der Waals surface area contributed by atoms with Gasteiger partial charge in [-0.15, -0.1) is 0 Å². The van der Waals surface area contributed by atoms with E-state index in [1.54, 1.807) is 0 Å². The number of unbranched alkanes of at least 4 members (excludes halogenated alkanes) is 2. The highest BCUT2D eigenvalue weighted by atomic mass is 35.5. The molecule has 1 atom stereocenters. The minimum absolute atomic E-state index is 0.0613. The highest BCUT2D eigenvalue weighted by Gasteiger charge is 2.33. The van der Waals surface area contributed by atoms with Gasteiger partial charge in [-0.05, 0) is 37.5 Å². The fraction of sp³-hybridized carbons (Fsp3) is 0.611. The quantitative estimate of drug-likeness (QED) is 0.678. The van der Waals surface area contributed by atoms with Crippen molar-refractivity contribution < 1.29 is 17.9 Å². The lowest BCUT2D eigenvalue weighted by Crippen LogP contribution is -2.45. The van der Waals surface area contributed by atoms with E-state index in [-0.39, 0.29) is 28.3 Å². The zero-order chi connectivity index (χ0) is 19.2. The Labute approximate surface area is 160 Å². The molecule has 1 aromatic carbocycles. The molecule has 1 aromatic rings. The number of hydrogen-bond donors (Lipinski definition) is 1. The van der Waals surface area contributed by atoms with Crippen molar-refractivity contribution in [2.24, 2.45) is 5.92 Å². The number of piperidine rings is 1. The van der Waals surface area contributed by atoms with Gasteiger partial charge in [-0.25, -0.2) is 8.42 Å². The molecule has 0 radical (unpaired) electrons. The predicted molar refractivity (Wildman–Crippen MR) is 102 cm³/mol. The highest BCUT2D eigenvalue weighted by Crippen LogP contribution is 2.30. The van der Waals surface area contributed by atoms with Gasteiger partial charge in [0.05, 0.1) is 22.9 Å². The van der Waals surface area contributed by atoms with E-state index in [0.717, 1.165) is 19.3 Å². The van der Waals surface area contributed by atoms with Crippen molar-refractivity contribution in [3.8, 4) is 5.75 Å². The standard InChI is InChI=1S/C18H27ClN2O4S/c1-3-4-5-10-20-18(22)14-7-6-11-21(13-14)26(23,24)15-8-9-17(25-2)16(19)12-15/h8-9,12,14H,3-7,10-11,13H2,1-2H3,(H,20,22)/t14-/m1/s1. The molecule has 6 nitrogen and oxygen atoms in total. The van der Waals surface area contributed by atoms with Crippen LogP contribution in [-0.2, 0) is 14.8 Å². The van der Waals surface area contributed by atoms with E-state index in [4.69, 9.17) is 16.3 Å². The zero-order valence-electron chi connectivity index (χ0n) is 15.3. The number of carbonyl (C=O) groups is 1. The van der Waals surface area contributed by atoms with Gasteiger partial charge in [0.2, 0.25) is 15.9 Å². The molecule has 26 heavy (non-hydrogen) atoms. The molecule has 1 amide bonds. The minimum Gasteiger partial charge on any atom is -0.495 e. The lowest BCUT2D eigenvalue weighted by molar-refractivity contribution is -0.126. The van der Waals surface area contributed by atoms with E-state index in [2.05, 4.69) is 12.2 Å². The van der Waals surface area contributed by atoms with Gasteiger partial charge >= 0.3 is 0 Å². The Kier molecular flexibility index (Phi) is 7.73. The number of hydrogen-bond acceptors (Lipinski definition) is 4. The number of nitrogens with one attached hydrogen (secondary N) is 1. The predicted octanol–water partition coefficient (Wildman–Crippen LogP) is 3.06. The van der Waals surface area contributed by atoms with Gasteiger partial charge in [-0.1, -0.05) is 31.4 Å².